The van der Waals surface area contributed by atoms with Crippen LogP contribution in [-0.4, -0.2) is 62.0 Å². The predicted octanol–water partition coefficient (Wildman–Crippen LogP) is 3.41. The molecule has 0 unspecified atom stereocenters. The van der Waals surface area contributed by atoms with Crippen LogP contribution in [0.25, 0.3) is 0 Å². The van der Waals surface area contributed by atoms with Crippen LogP contribution in [0, 0.1) is 0 Å². The molecule has 166 valence electrons. The van der Waals surface area contributed by atoms with Crippen molar-refractivity contribution in [2.45, 2.75) is 31.5 Å². The van der Waals surface area contributed by atoms with Gasteiger partial charge < -0.3 is 14.4 Å². The van der Waals surface area contributed by atoms with Gasteiger partial charge in [0, 0.05) is 12.3 Å². The van der Waals surface area contributed by atoms with Gasteiger partial charge in [-0.15, -0.1) is 0 Å². The quantitative estimate of drug-likeness (QED) is 0.563. The van der Waals surface area contributed by atoms with Gasteiger partial charge in [0.25, 0.3) is 0 Å². The van der Waals surface area contributed by atoms with E-state index in [9.17, 15) is 8.42 Å². The zero-order chi connectivity index (χ0) is 21.8. The summed E-state index contributed by atoms with van der Waals surface area (Å²) < 4.78 is 35.2. The highest BCUT2D eigenvalue weighted by atomic mass is 32.2. The highest BCUT2D eigenvalue weighted by Crippen LogP contribution is 2.34. The Kier molecular flexibility index (Phi) is 6.77. The van der Waals surface area contributed by atoms with Gasteiger partial charge >= 0.3 is 0 Å². The molecule has 0 amide bonds. The molecule has 1 fully saturated rings. The van der Waals surface area contributed by atoms with Crippen molar-refractivity contribution in [1.82, 2.24) is 4.90 Å². The van der Waals surface area contributed by atoms with E-state index >= 15 is 0 Å². The lowest BCUT2D eigenvalue weighted by Crippen LogP contribution is -2.38. The number of aryl methyl sites for hydroxylation is 1. The van der Waals surface area contributed by atoms with Crippen LogP contribution in [0.2, 0.25) is 0 Å². The first-order valence-electron chi connectivity index (χ1n) is 10.4. The fraction of sp³-hybridized carbons (Fsp3) is 0.435. The van der Waals surface area contributed by atoms with E-state index in [1.54, 1.807) is 26.0 Å². The molecule has 4 rings (SSSR count). The third kappa shape index (κ3) is 5.18. The van der Waals surface area contributed by atoms with Crippen molar-refractivity contribution in [3.63, 3.8) is 0 Å². The lowest BCUT2D eigenvalue weighted by Gasteiger charge is -2.26. The fourth-order valence-corrected chi connectivity index (χ4v) is 7.08. The SMILES string of the molecule is COc1ccc(CN2C(SCCCc3ccccc3)=N[C@@H]3CS(=O)(=O)C[C@H]32)cc1OC. The van der Waals surface area contributed by atoms with Crippen LogP contribution in [0.15, 0.2) is 53.5 Å². The molecule has 1 saturated heterocycles. The number of nitrogens with zero attached hydrogens (tertiary/aromatic N) is 2. The number of benzene rings is 2. The molecular formula is C23H28N2O4S2. The molecule has 0 saturated carbocycles. The molecule has 0 spiro atoms. The molecule has 0 N–H and O–H groups in total. The third-order valence-corrected chi connectivity index (χ3v) is 8.49. The van der Waals surface area contributed by atoms with Gasteiger partial charge in [-0.2, -0.15) is 0 Å². The van der Waals surface area contributed by atoms with Crippen molar-refractivity contribution in [2.75, 3.05) is 31.5 Å². The number of thioether (sulfide) groups is 1. The minimum atomic E-state index is -3.04. The number of hydrogen-bond donors (Lipinski definition) is 0. The van der Waals surface area contributed by atoms with E-state index < -0.39 is 9.84 Å². The van der Waals surface area contributed by atoms with Crippen molar-refractivity contribution in [1.29, 1.82) is 0 Å². The minimum Gasteiger partial charge on any atom is -0.493 e. The van der Waals surface area contributed by atoms with Crippen LogP contribution in [0.1, 0.15) is 17.5 Å². The second-order valence-corrected chi connectivity index (χ2v) is 11.1. The topological polar surface area (TPSA) is 68.2 Å². The number of fused-ring (bicyclic) bond motifs is 1. The molecule has 0 bridgehead atoms. The lowest BCUT2D eigenvalue weighted by molar-refractivity contribution is 0.337. The van der Waals surface area contributed by atoms with E-state index in [1.165, 1.54) is 5.56 Å². The molecule has 2 aromatic rings. The summed E-state index contributed by atoms with van der Waals surface area (Å²) in [5.41, 5.74) is 2.38. The Hall–Kier alpha value is -2.19. The summed E-state index contributed by atoms with van der Waals surface area (Å²) in [7, 11) is 0.190. The van der Waals surface area contributed by atoms with Crippen LogP contribution in [0.3, 0.4) is 0 Å². The number of hydrogen-bond acceptors (Lipinski definition) is 7. The van der Waals surface area contributed by atoms with Crippen molar-refractivity contribution in [3.8, 4) is 11.5 Å². The molecule has 0 radical (unpaired) electrons. The van der Waals surface area contributed by atoms with E-state index in [0.717, 1.165) is 29.3 Å². The van der Waals surface area contributed by atoms with Gasteiger partial charge in [-0.3, -0.25) is 4.99 Å². The van der Waals surface area contributed by atoms with E-state index in [-0.39, 0.29) is 23.6 Å². The summed E-state index contributed by atoms with van der Waals surface area (Å²) in [4.78, 5) is 6.98. The normalized spacial score (nSPS) is 21.6. The zero-order valence-electron chi connectivity index (χ0n) is 17.9. The van der Waals surface area contributed by atoms with Crippen molar-refractivity contribution in [2.24, 2.45) is 4.99 Å². The number of sulfone groups is 1. The maximum absolute atomic E-state index is 12.2. The van der Waals surface area contributed by atoms with Crippen molar-refractivity contribution in [3.05, 3.63) is 59.7 Å². The standard InChI is InChI=1S/C23H28N2O4S2/c1-28-21-11-10-18(13-22(21)29-2)14-25-20-16-31(26,27)15-19(20)24-23(25)30-12-6-9-17-7-4-3-5-8-17/h3-5,7-8,10-11,13,19-20H,6,9,12,14-16H2,1-2H3/t19-,20-/m1/s1. The molecule has 2 aliphatic heterocycles. The molecule has 0 aliphatic carbocycles. The first kappa shape index (κ1) is 22.0. The summed E-state index contributed by atoms with van der Waals surface area (Å²) >= 11 is 1.73. The first-order chi connectivity index (χ1) is 15.0. The molecule has 2 heterocycles. The maximum atomic E-state index is 12.2. The molecule has 0 aromatic heterocycles. The van der Waals surface area contributed by atoms with Gasteiger partial charge in [0.1, 0.15) is 0 Å². The van der Waals surface area contributed by atoms with Gasteiger partial charge in [-0.1, -0.05) is 48.2 Å². The monoisotopic (exact) mass is 460 g/mol. The smallest absolute Gasteiger partial charge is 0.161 e. The molecular weight excluding hydrogens is 432 g/mol. The Morgan fingerprint density at radius 1 is 1.03 bits per heavy atom. The molecule has 2 aliphatic rings. The van der Waals surface area contributed by atoms with Crippen LogP contribution in [0.4, 0.5) is 0 Å². The largest absolute Gasteiger partial charge is 0.493 e. The zero-order valence-corrected chi connectivity index (χ0v) is 19.5. The van der Waals surface area contributed by atoms with E-state index in [0.29, 0.717) is 18.0 Å². The summed E-state index contributed by atoms with van der Waals surface area (Å²) in [6, 6.07) is 16.0. The Morgan fingerprint density at radius 3 is 2.55 bits per heavy atom. The van der Waals surface area contributed by atoms with Gasteiger partial charge in [-0.25, -0.2) is 8.42 Å². The Morgan fingerprint density at radius 2 is 1.81 bits per heavy atom. The maximum Gasteiger partial charge on any atom is 0.161 e. The van der Waals surface area contributed by atoms with Crippen LogP contribution >= 0.6 is 11.8 Å². The first-order valence-corrected chi connectivity index (χ1v) is 13.2. The third-order valence-electron chi connectivity index (χ3n) is 5.70. The number of amidine groups is 1. The second kappa shape index (κ2) is 9.53. The summed E-state index contributed by atoms with van der Waals surface area (Å²) in [6.45, 7) is 0.599. The number of rotatable bonds is 8. The average Bonchev–Trinajstić information content (AvgIpc) is 3.23. The van der Waals surface area contributed by atoms with Gasteiger partial charge in [0.2, 0.25) is 0 Å². The van der Waals surface area contributed by atoms with Crippen molar-refractivity contribution < 1.29 is 17.9 Å². The predicted molar refractivity (Wildman–Crippen MR) is 126 cm³/mol. The summed E-state index contributed by atoms with van der Waals surface area (Å²) in [6.07, 6.45) is 2.07. The van der Waals surface area contributed by atoms with Crippen LogP contribution in [0.5, 0.6) is 11.5 Å². The minimum absolute atomic E-state index is 0.0882. The molecule has 31 heavy (non-hydrogen) atoms. The average molecular weight is 461 g/mol. The van der Waals surface area contributed by atoms with Gasteiger partial charge in [0.05, 0.1) is 37.8 Å². The second-order valence-electron chi connectivity index (χ2n) is 7.88. The number of aliphatic imine (C=N–C) groups is 1. The number of methoxy groups -OCH3 is 2. The lowest BCUT2D eigenvalue weighted by atomic mass is 10.1. The molecule has 2 aromatic carbocycles. The Labute approximate surface area is 188 Å². The van der Waals surface area contributed by atoms with E-state index in [4.69, 9.17) is 14.5 Å². The number of ether oxygens (including phenoxy) is 2. The van der Waals surface area contributed by atoms with Crippen LogP contribution in [-0.2, 0) is 22.8 Å². The fourth-order valence-electron chi connectivity index (χ4n) is 4.15. The highest BCUT2D eigenvalue weighted by molar-refractivity contribution is 8.13. The molecule has 2 atom stereocenters. The highest BCUT2D eigenvalue weighted by Gasteiger charge is 2.46. The van der Waals surface area contributed by atoms with Gasteiger partial charge in [0.15, 0.2) is 26.5 Å². The van der Waals surface area contributed by atoms with E-state index in [2.05, 4.69) is 29.2 Å². The Balaban J connectivity index is 1.45. The van der Waals surface area contributed by atoms with Gasteiger partial charge in [-0.05, 0) is 36.1 Å². The molecule has 6 nitrogen and oxygen atoms in total. The van der Waals surface area contributed by atoms with Crippen LogP contribution < -0.4 is 9.47 Å². The molecule has 8 heteroatoms. The Bertz CT molecular complexity index is 1040. The summed E-state index contributed by atoms with van der Waals surface area (Å²) in [5.74, 6) is 2.61. The summed E-state index contributed by atoms with van der Waals surface area (Å²) in [5, 5.41) is 0.952. The van der Waals surface area contributed by atoms with Crippen molar-refractivity contribution >= 4 is 26.8 Å². The van der Waals surface area contributed by atoms with E-state index in [1.807, 2.05) is 24.3 Å².